The number of aromatic nitrogens is 4. The Hall–Kier alpha value is -3.08. The van der Waals surface area contributed by atoms with Crippen LogP contribution in [-0.4, -0.2) is 34.6 Å². The van der Waals surface area contributed by atoms with Gasteiger partial charge in [-0.05, 0) is 63.1 Å². The third-order valence-electron chi connectivity index (χ3n) is 6.91. The van der Waals surface area contributed by atoms with Gasteiger partial charge in [0.1, 0.15) is 11.6 Å². The zero-order valence-corrected chi connectivity index (χ0v) is 24.0. The predicted octanol–water partition coefficient (Wildman–Crippen LogP) is 6.34. The number of aryl methyl sites for hydroxylation is 1. The molecule has 0 bridgehead atoms. The number of halogens is 2. The molecule has 0 amide bonds. The summed E-state index contributed by atoms with van der Waals surface area (Å²) >= 11 is 12.2. The zero-order valence-electron chi connectivity index (χ0n) is 21.6. The third-order valence-corrected chi connectivity index (χ3v) is 8.84. The molecule has 1 aliphatic rings. The molecule has 1 saturated carbocycles. The maximum absolute atomic E-state index is 13.3. The monoisotopic (exact) mass is 589 g/mol. The average molecular weight is 591 g/mol. The van der Waals surface area contributed by atoms with E-state index in [1.54, 1.807) is 23.6 Å². The summed E-state index contributed by atoms with van der Waals surface area (Å²) in [5.74, 6) is 1.52. The summed E-state index contributed by atoms with van der Waals surface area (Å²) in [6.45, 7) is 3.96. The number of nitrogens with zero attached hydrogens (tertiary/aromatic N) is 3. The fourth-order valence-corrected chi connectivity index (χ4v) is 6.53. The van der Waals surface area contributed by atoms with Gasteiger partial charge in [-0.25, -0.2) is 17.9 Å². The van der Waals surface area contributed by atoms with E-state index in [1.807, 2.05) is 6.92 Å². The molecule has 0 atom stereocenters. The van der Waals surface area contributed by atoms with Gasteiger partial charge in [-0.1, -0.05) is 48.9 Å². The second-order valence-electron chi connectivity index (χ2n) is 9.63. The van der Waals surface area contributed by atoms with Crippen LogP contribution in [0.3, 0.4) is 0 Å². The molecule has 39 heavy (non-hydrogen) atoms. The number of imidazole rings is 1. The van der Waals surface area contributed by atoms with Gasteiger partial charge < -0.3 is 9.72 Å². The molecule has 2 aromatic carbocycles. The van der Waals surface area contributed by atoms with Crippen LogP contribution in [0.1, 0.15) is 62.9 Å². The number of aromatic amines is 1. The molecule has 4 aromatic rings. The molecule has 0 unspecified atom stereocenters. The first-order chi connectivity index (χ1) is 18.7. The van der Waals surface area contributed by atoms with Crippen LogP contribution in [0.4, 0.5) is 5.69 Å². The SMILES string of the molecule is CCOc1ccc(S(=O)(=O)Nc2cc(Cl)ccc2Cl)cc1-c1nn2c(C3CCCCCC3)nc(C)c2c(=O)[nH]1. The summed E-state index contributed by atoms with van der Waals surface area (Å²) in [4.78, 5) is 20.8. The highest BCUT2D eigenvalue weighted by Crippen LogP contribution is 2.34. The van der Waals surface area contributed by atoms with Crippen LogP contribution in [0, 0.1) is 6.92 Å². The Morgan fingerprint density at radius 1 is 1.10 bits per heavy atom. The van der Waals surface area contributed by atoms with E-state index in [4.69, 9.17) is 38.0 Å². The number of benzene rings is 2. The molecule has 0 aliphatic heterocycles. The van der Waals surface area contributed by atoms with Crippen molar-refractivity contribution in [2.45, 2.75) is 63.2 Å². The van der Waals surface area contributed by atoms with Gasteiger partial charge >= 0.3 is 0 Å². The smallest absolute Gasteiger partial charge is 0.277 e. The van der Waals surface area contributed by atoms with Crippen molar-refractivity contribution in [1.82, 2.24) is 19.6 Å². The van der Waals surface area contributed by atoms with Crippen LogP contribution in [0.25, 0.3) is 16.9 Å². The highest BCUT2D eigenvalue weighted by Gasteiger charge is 2.25. The van der Waals surface area contributed by atoms with E-state index in [2.05, 4.69) is 9.71 Å². The van der Waals surface area contributed by atoms with E-state index in [1.165, 1.54) is 37.1 Å². The number of ether oxygens (including phenoxy) is 1. The van der Waals surface area contributed by atoms with E-state index in [-0.39, 0.29) is 32.9 Å². The van der Waals surface area contributed by atoms with Crippen LogP contribution < -0.4 is 15.0 Å². The second-order valence-corrected chi connectivity index (χ2v) is 12.2. The number of sulfonamides is 1. The molecule has 2 aromatic heterocycles. The van der Waals surface area contributed by atoms with Gasteiger partial charge in [0.2, 0.25) is 0 Å². The molecule has 206 valence electrons. The molecule has 9 nitrogen and oxygen atoms in total. The summed E-state index contributed by atoms with van der Waals surface area (Å²) < 4.78 is 36.6. The lowest BCUT2D eigenvalue weighted by atomic mass is 10.00. The van der Waals surface area contributed by atoms with Crippen molar-refractivity contribution in [2.24, 2.45) is 0 Å². The first-order valence-electron chi connectivity index (χ1n) is 12.9. The molecule has 0 radical (unpaired) electrons. The number of anilines is 1. The van der Waals surface area contributed by atoms with Crippen LogP contribution >= 0.6 is 23.2 Å². The predicted molar refractivity (Wildman–Crippen MR) is 153 cm³/mol. The Bertz CT molecular complexity index is 1690. The normalized spacial score (nSPS) is 14.9. The molecule has 12 heteroatoms. The third kappa shape index (κ3) is 5.64. The number of nitrogens with one attached hydrogen (secondary N) is 2. The van der Waals surface area contributed by atoms with Gasteiger partial charge in [0.15, 0.2) is 11.3 Å². The van der Waals surface area contributed by atoms with Crippen LogP contribution in [0.5, 0.6) is 5.75 Å². The number of rotatable bonds is 7. The Morgan fingerprint density at radius 3 is 2.56 bits per heavy atom. The van der Waals surface area contributed by atoms with E-state index < -0.39 is 10.0 Å². The minimum absolute atomic E-state index is 0.0643. The van der Waals surface area contributed by atoms with Crippen LogP contribution in [0.2, 0.25) is 10.0 Å². The number of hydrogen-bond acceptors (Lipinski definition) is 6. The van der Waals surface area contributed by atoms with Crippen LogP contribution in [-0.2, 0) is 10.0 Å². The standard InChI is InChI=1S/C27H29Cl2N5O4S/c1-3-38-23-13-11-19(39(36,37)33-22-14-18(28)10-12-21(22)29)15-20(23)25-31-27(35)24-16(2)30-26(34(24)32-25)17-8-6-4-5-7-9-17/h10-15,17,33H,3-9H2,1-2H3,(H,31,32,35). The van der Waals surface area contributed by atoms with E-state index in [9.17, 15) is 13.2 Å². The minimum atomic E-state index is -4.08. The highest BCUT2D eigenvalue weighted by molar-refractivity contribution is 7.92. The van der Waals surface area contributed by atoms with Crippen molar-refractivity contribution in [3.05, 3.63) is 68.3 Å². The van der Waals surface area contributed by atoms with Crippen molar-refractivity contribution in [3.8, 4) is 17.1 Å². The largest absolute Gasteiger partial charge is 0.493 e. The minimum Gasteiger partial charge on any atom is -0.493 e. The second kappa shape index (κ2) is 11.2. The number of fused-ring (bicyclic) bond motifs is 1. The zero-order chi connectivity index (χ0) is 27.7. The lowest BCUT2D eigenvalue weighted by Crippen LogP contribution is -2.17. The lowest BCUT2D eigenvalue weighted by Gasteiger charge is -2.15. The lowest BCUT2D eigenvalue weighted by molar-refractivity contribution is 0.341. The summed E-state index contributed by atoms with van der Waals surface area (Å²) in [7, 11) is -4.08. The quantitative estimate of drug-likeness (QED) is 0.243. The fraction of sp³-hybridized carbons (Fsp3) is 0.370. The van der Waals surface area contributed by atoms with Crippen molar-refractivity contribution in [1.29, 1.82) is 0 Å². The molecule has 2 N–H and O–H groups in total. The van der Waals surface area contributed by atoms with Gasteiger partial charge in [-0.3, -0.25) is 9.52 Å². The average Bonchev–Trinajstić information content (AvgIpc) is 3.05. The van der Waals surface area contributed by atoms with Crippen molar-refractivity contribution < 1.29 is 13.2 Å². The first kappa shape index (κ1) is 27.5. The number of H-pyrrole nitrogens is 1. The van der Waals surface area contributed by atoms with Gasteiger partial charge in [-0.2, -0.15) is 0 Å². The molecule has 0 saturated heterocycles. The Balaban J connectivity index is 1.63. The maximum atomic E-state index is 13.3. The molecule has 2 heterocycles. The molecule has 1 fully saturated rings. The molecular weight excluding hydrogens is 561 g/mol. The first-order valence-corrected chi connectivity index (χ1v) is 15.2. The topological polar surface area (TPSA) is 118 Å². The fourth-order valence-electron chi connectivity index (χ4n) is 5.04. The molecular formula is C27H29Cl2N5O4S. The van der Waals surface area contributed by atoms with Gasteiger partial charge in [-0.15, -0.1) is 5.10 Å². The highest BCUT2D eigenvalue weighted by atomic mass is 35.5. The van der Waals surface area contributed by atoms with Gasteiger partial charge in [0.25, 0.3) is 15.6 Å². The van der Waals surface area contributed by atoms with Crippen LogP contribution in [0.15, 0.2) is 46.1 Å². The Kier molecular flexibility index (Phi) is 7.89. The van der Waals surface area contributed by atoms with Crippen molar-refractivity contribution in [2.75, 3.05) is 11.3 Å². The van der Waals surface area contributed by atoms with Crippen molar-refractivity contribution >= 4 is 44.4 Å². The van der Waals surface area contributed by atoms with E-state index in [0.29, 0.717) is 34.2 Å². The Labute approximate surface area is 236 Å². The molecule has 0 spiro atoms. The summed E-state index contributed by atoms with van der Waals surface area (Å²) in [5.41, 5.74) is 1.11. The summed E-state index contributed by atoms with van der Waals surface area (Å²) in [6, 6.07) is 8.89. The van der Waals surface area contributed by atoms with E-state index in [0.717, 1.165) is 31.5 Å². The summed E-state index contributed by atoms with van der Waals surface area (Å²) in [6.07, 6.45) is 6.55. The van der Waals surface area contributed by atoms with Crippen molar-refractivity contribution in [3.63, 3.8) is 0 Å². The maximum Gasteiger partial charge on any atom is 0.277 e. The number of hydrogen-bond donors (Lipinski definition) is 2. The van der Waals surface area contributed by atoms with Gasteiger partial charge in [0, 0.05) is 10.9 Å². The van der Waals surface area contributed by atoms with E-state index >= 15 is 0 Å². The molecule has 1 aliphatic carbocycles. The van der Waals surface area contributed by atoms with Gasteiger partial charge in [0.05, 0.1) is 33.5 Å². The summed E-state index contributed by atoms with van der Waals surface area (Å²) in [5, 5.41) is 5.31. The molecule has 5 rings (SSSR count). The Morgan fingerprint density at radius 2 is 1.85 bits per heavy atom.